The maximum atomic E-state index is 14.2. The molecule has 0 aliphatic rings. The van der Waals surface area contributed by atoms with Gasteiger partial charge in [-0.15, -0.1) is 3.77 Å². The molecule has 2 atom stereocenters. The lowest BCUT2D eigenvalue weighted by atomic mass is 9.90. The first-order valence-corrected chi connectivity index (χ1v) is 13.0. The Labute approximate surface area is 180 Å². The van der Waals surface area contributed by atoms with Crippen molar-refractivity contribution in [2.75, 3.05) is 5.75 Å². The van der Waals surface area contributed by atoms with Crippen LogP contribution in [0, 0.1) is 12.8 Å². The van der Waals surface area contributed by atoms with Crippen LogP contribution >= 0.6 is 0 Å². The van der Waals surface area contributed by atoms with Crippen LogP contribution < -0.4 is 0 Å². The van der Waals surface area contributed by atoms with Gasteiger partial charge in [0.15, 0.2) is 0 Å². The molecule has 3 aromatic carbocycles. The van der Waals surface area contributed by atoms with Gasteiger partial charge in [0.1, 0.15) is 0 Å². The van der Waals surface area contributed by atoms with Crippen molar-refractivity contribution in [3.8, 4) is 0 Å². The van der Waals surface area contributed by atoms with E-state index in [4.69, 9.17) is 0 Å². The van der Waals surface area contributed by atoms with Gasteiger partial charge in [-0.25, -0.2) is 4.21 Å². The van der Waals surface area contributed by atoms with E-state index in [1.807, 2.05) is 43.3 Å². The normalized spacial score (nSPS) is 14.8. The highest BCUT2D eigenvalue weighted by Crippen LogP contribution is 2.31. The van der Waals surface area contributed by atoms with Crippen LogP contribution in [0.3, 0.4) is 0 Å². The topological polar surface area (TPSA) is 63.6 Å². The fourth-order valence-corrected chi connectivity index (χ4v) is 7.85. The highest BCUT2D eigenvalue weighted by Gasteiger charge is 2.27. The summed E-state index contributed by atoms with van der Waals surface area (Å²) in [5.41, 5.74) is 1.97. The van der Waals surface area contributed by atoms with Gasteiger partial charge in [0.05, 0.1) is 14.6 Å². The first-order valence-electron chi connectivity index (χ1n) is 9.89. The molecule has 0 aliphatic carbocycles. The number of benzene rings is 3. The van der Waals surface area contributed by atoms with Gasteiger partial charge < -0.3 is 0 Å². The Balaban J connectivity index is 2.16. The minimum Gasteiger partial charge on any atom is -0.244 e. The van der Waals surface area contributed by atoms with Crippen LogP contribution in [0.15, 0.2) is 98.5 Å². The third-order valence-corrected chi connectivity index (χ3v) is 9.52. The summed E-state index contributed by atoms with van der Waals surface area (Å²) in [7, 11) is -7.33. The van der Waals surface area contributed by atoms with E-state index in [2.05, 4.69) is 17.6 Å². The zero-order chi connectivity index (χ0) is 21.8. The molecule has 158 valence electrons. The Morgan fingerprint density at radius 3 is 1.80 bits per heavy atom. The summed E-state index contributed by atoms with van der Waals surface area (Å²) in [5.74, 6) is 0.189. The third-order valence-electron chi connectivity index (χ3n) is 5.09. The molecule has 3 aromatic rings. The maximum absolute atomic E-state index is 14.2. The summed E-state index contributed by atoms with van der Waals surface area (Å²) in [6, 6.07) is 25.0. The summed E-state index contributed by atoms with van der Waals surface area (Å²) in [4.78, 5) is 0.486. The molecule has 4 nitrogen and oxygen atoms in total. The lowest BCUT2D eigenvalue weighted by Gasteiger charge is -2.23. The largest absolute Gasteiger partial charge is 0.290 e. The smallest absolute Gasteiger partial charge is 0.244 e. The van der Waals surface area contributed by atoms with Gasteiger partial charge in [-0.1, -0.05) is 80.1 Å². The molecule has 0 bridgehead atoms. The molecular weight excluding hydrogens is 414 g/mol. The highest BCUT2D eigenvalue weighted by molar-refractivity contribution is 8.03. The van der Waals surface area contributed by atoms with Crippen LogP contribution in [-0.4, -0.2) is 18.4 Å². The molecule has 0 spiro atoms. The number of hydrogen-bond acceptors (Lipinski definition) is 3. The standard InChI is InChI=1S/C24H27NO3S2/c1-19(2)24(21-10-6-4-7-11-21)18-29(26,22-12-8-5-9-13-22)25-30(27,28)23-16-14-20(3)15-17-23/h4-17,19,24H,18H2,1-3H3. The third kappa shape index (κ3) is 5.18. The van der Waals surface area contributed by atoms with Crippen LogP contribution in [0.25, 0.3) is 0 Å². The number of sulfonamides is 1. The second kappa shape index (κ2) is 9.14. The summed E-state index contributed by atoms with van der Waals surface area (Å²) < 4.78 is 44.4. The van der Waals surface area contributed by atoms with Crippen LogP contribution in [0.2, 0.25) is 0 Å². The maximum Gasteiger partial charge on any atom is 0.290 e. The molecule has 30 heavy (non-hydrogen) atoms. The molecule has 0 aliphatic heterocycles. The number of rotatable bonds is 7. The quantitative estimate of drug-likeness (QED) is 0.476. The van der Waals surface area contributed by atoms with Crippen molar-refractivity contribution < 1.29 is 12.6 Å². The van der Waals surface area contributed by atoms with Crippen molar-refractivity contribution in [2.45, 2.75) is 36.5 Å². The molecule has 2 unspecified atom stereocenters. The summed E-state index contributed by atoms with van der Waals surface area (Å²) in [6.45, 7) is 5.99. The van der Waals surface area contributed by atoms with Gasteiger partial charge in [-0.3, -0.25) is 0 Å². The molecule has 0 radical (unpaired) electrons. The first kappa shape index (κ1) is 22.2. The van der Waals surface area contributed by atoms with Crippen LogP contribution in [0.1, 0.15) is 30.9 Å². The summed E-state index contributed by atoms with van der Waals surface area (Å²) in [5, 5.41) is 0. The molecule has 0 amide bonds. The summed E-state index contributed by atoms with van der Waals surface area (Å²) in [6.07, 6.45) is 0. The minimum absolute atomic E-state index is 0.0533. The second-order valence-corrected chi connectivity index (χ2v) is 11.8. The zero-order valence-corrected chi connectivity index (χ0v) is 19.1. The fraction of sp³-hybridized carbons (Fsp3) is 0.250. The average molecular weight is 442 g/mol. The van der Waals surface area contributed by atoms with Crippen LogP contribution in [0.5, 0.6) is 0 Å². The highest BCUT2D eigenvalue weighted by atomic mass is 32.3. The van der Waals surface area contributed by atoms with Gasteiger partial charge in [-0.05, 0) is 48.6 Å². The van der Waals surface area contributed by atoms with Gasteiger partial charge in [0, 0.05) is 10.6 Å². The van der Waals surface area contributed by atoms with E-state index in [1.54, 1.807) is 36.4 Å². The van der Waals surface area contributed by atoms with Gasteiger partial charge in [0.2, 0.25) is 0 Å². The molecule has 3 rings (SSSR count). The average Bonchev–Trinajstić information content (AvgIpc) is 2.73. The number of nitrogens with zero attached hydrogens (tertiary/aromatic N) is 1. The Hall–Kier alpha value is -2.44. The van der Waals surface area contributed by atoms with E-state index in [9.17, 15) is 12.6 Å². The molecule has 0 aromatic heterocycles. The first-order chi connectivity index (χ1) is 14.2. The van der Waals surface area contributed by atoms with Gasteiger partial charge in [0.25, 0.3) is 10.0 Å². The van der Waals surface area contributed by atoms with Crippen molar-refractivity contribution in [2.24, 2.45) is 9.69 Å². The number of aryl methyl sites for hydroxylation is 1. The fourth-order valence-electron chi connectivity index (χ4n) is 3.33. The van der Waals surface area contributed by atoms with Crippen molar-refractivity contribution in [3.05, 3.63) is 96.1 Å². The predicted molar refractivity (Wildman–Crippen MR) is 123 cm³/mol. The molecular formula is C24H27NO3S2. The Bertz CT molecular complexity index is 1190. The monoisotopic (exact) mass is 441 g/mol. The van der Waals surface area contributed by atoms with Crippen molar-refractivity contribution in [1.82, 2.24) is 0 Å². The molecule has 0 heterocycles. The van der Waals surface area contributed by atoms with Crippen molar-refractivity contribution in [1.29, 1.82) is 0 Å². The van der Waals surface area contributed by atoms with Crippen LogP contribution in [-0.2, 0) is 19.8 Å². The van der Waals surface area contributed by atoms with E-state index in [0.717, 1.165) is 11.1 Å². The lowest BCUT2D eigenvalue weighted by Crippen LogP contribution is -2.20. The lowest BCUT2D eigenvalue weighted by molar-refractivity contribution is 0.534. The molecule has 0 saturated heterocycles. The molecule has 0 N–H and O–H groups in total. The van der Waals surface area contributed by atoms with Crippen LogP contribution in [0.4, 0.5) is 0 Å². The van der Waals surface area contributed by atoms with Gasteiger partial charge >= 0.3 is 0 Å². The Morgan fingerprint density at radius 2 is 1.27 bits per heavy atom. The van der Waals surface area contributed by atoms with E-state index >= 15 is 0 Å². The van der Waals surface area contributed by atoms with E-state index in [-0.39, 0.29) is 22.5 Å². The number of hydrogen-bond donors (Lipinski definition) is 0. The Kier molecular flexibility index (Phi) is 6.78. The van der Waals surface area contributed by atoms with E-state index in [0.29, 0.717) is 4.90 Å². The minimum atomic E-state index is -4.09. The van der Waals surface area contributed by atoms with Crippen molar-refractivity contribution >= 4 is 19.8 Å². The summed E-state index contributed by atoms with van der Waals surface area (Å²) >= 11 is 0. The van der Waals surface area contributed by atoms with E-state index in [1.165, 1.54) is 12.1 Å². The second-order valence-electron chi connectivity index (χ2n) is 7.74. The van der Waals surface area contributed by atoms with Crippen molar-refractivity contribution in [3.63, 3.8) is 0 Å². The van der Waals surface area contributed by atoms with Gasteiger partial charge in [-0.2, -0.15) is 8.42 Å². The molecule has 0 fully saturated rings. The SMILES string of the molecule is Cc1ccc(S(=O)(=O)N=S(=O)(CC(c2ccccc2)C(C)C)c2ccccc2)cc1. The molecule has 6 heteroatoms. The Morgan fingerprint density at radius 1 is 0.733 bits per heavy atom. The zero-order valence-electron chi connectivity index (χ0n) is 17.4. The van der Waals surface area contributed by atoms with E-state index < -0.39 is 19.8 Å². The predicted octanol–water partition coefficient (Wildman–Crippen LogP) is 5.65. The molecule has 0 saturated carbocycles.